The summed E-state index contributed by atoms with van der Waals surface area (Å²) in [7, 11) is 0. The number of benzene rings is 3. The quantitative estimate of drug-likeness (QED) is 0.224. The maximum atomic E-state index is 13.2. The second-order valence-electron chi connectivity index (χ2n) is 8.94. The van der Waals surface area contributed by atoms with E-state index in [9.17, 15) is 4.39 Å². The van der Waals surface area contributed by atoms with Crippen molar-refractivity contribution in [1.29, 1.82) is 5.41 Å². The van der Waals surface area contributed by atoms with Crippen LogP contribution in [0, 0.1) is 16.6 Å². The Morgan fingerprint density at radius 3 is 2.28 bits per heavy atom. The van der Waals surface area contributed by atoms with Crippen molar-refractivity contribution in [2.45, 2.75) is 38.9 Å². The van der Waals surface area contributed by atoms with Gasteiger partial charge < -0.3 is 10.7 Å². The van der Waals surface area contributed by atoms with E-state index in [0.717, 1.165) is 23.5 Å². The first-order valence-corrected chi connectivity index (χ1v) is 11.8. The molecule has 1 atom stereocenters. The SMILES string of the molecule is CC(C)SNCC(C)(C)C(c1ccccc1)c1ccc(Nc2ccc(F)cc2)c(C=N)c1. The van der Waals surface area contributed by atoms with Crippen LogP contribution in [0.3, 0.4) is 0 Å². The maximum absolute atomic E-state index is 13.2. The molecule has 0 aliphatic carbocycles. The molecule has 3 N–H and O–H groups in total. The molecule has 32 heavy (non-hydrogen) atoms. The molecular weight excluding hydrogens is 417 g/mol. The van der Waals surface area contributed by atoms with Crippen LogP contribution in [0.25, 0.3) is 0 Å². The standard InChI is InChI=1S/C27H32FN3S/c1-19(2)32-30-18-27(3,4)26(20-8-6-5-7-9-20)21-10-15-25(22(16-21)17-29)31-24-13-11-23(28)12-14-24/h5-17,19,26,29-31H,18H2,1-4H3. The van der Waals surface area contributed by atoms with Crippen molar-refractivity contribution in [1.82, 2.24) is 4.72 Å². The van der Waals surface area contributed by atoms with E-state index in [1.54, 1.807) is 24.1 Å². The lowest BCUT2D eigenvalue weighted by atomic mass is 9.71. The third-order valence-electron chi connectivity index (χ3n) is 5.45. The monoisotopic (exact) mass is 449 g/mol. The third kappa shape index (κ3) is 6.21. The van der Waals surface area contributed by atoms with Gasteiger partial charge >= 0.3 is 0 Å². The molecule has 0 heterocycles. The molecule has 1 unspecified atom stereocenters. The van der Waals surface area contributed by atoms with Crippen LogP contribution < -0.4 is 10.0 Å². The van der Waals surface area contributed by atoms with Crippen molar-refractivity contribution in [2.24, 2.45) is 5.41 Å². The van der Waals surface area contributed by atoms with Gasteiger partial charge in [-0.15, -0.1) is 0 Å². The molecule has 0 aromatic heterocycles. The molecule has 0 aliphatic rings. The molecule has 0 fully saturated rings. The largest absolute Gasteiger partial charge is 0.355 e. The molecule has 168 valence electrons. The van der Waals surface area contributed by atoms with Gasteiger partial charge in [0, 0.05) is 40.9 Å². The highest BCUT2D eigenvalue weighted by atomic mass is 32.2. The van der Waals surface area contributed by atoms with Crippen LogP contribution in [0.1, 0.15) is 50.3 Å². The molecule has 3 aromatic rings. The highest BCUT2D eigenvalue weighted by Gasteiger charge is 2.32. The van der Waals surface area contributed by atoms with Gasteiger partial charge in [-0.2, -0.15) is 0 Å². The van der Waals surface area contributed by atoms with E-state index >= 15 is 0 Å². The third-order valence-corrected chi connectivity index (χ3v) is 6.23. The van der Waals surface area contributed by atoms with Gasteiger partial charge in [0.2, 0.25) is 0 Å². The molecule has 3 aromatic carbocycles. The summed E-state index contributed by atoms with van der Waals surface area (Å²) >= 11 is 1.76. The molecule has 0 spiro atoms. The van der Waals surface area contributed by atoms with Crippen LogP contribution in [0.5, 0.6) is 0 Å². The first kappa shape index (κ1) is 24.0. The number of hydrogen-bond donors (Lipinski definition) is 3. The van der Waals surface area contributed by atoms with E-state index < -0.39 is 0 Å². The predicted octanol–water partition coefficient (Wildman–Crippen LogP) is 7.37. The van der Waals surface area contributed by atoms with Gasteiger partial charge in [0.25, 0.3) is 0 Å². The van der Waals surface area contributed by atoms with Crippen molar-refractivity contribution in [3.63, 3.8) is 0 Å². The van der Waals surface area contributed by atoms with Gasteiger partial charge in [0.15, 0.2) is 0 Å². The first-order chi connectivity index (χ1) is 15.3. The molecule has 0 amide bonds. The minimum absolute atomic E-state index is 0.0611. The number of nitrogens with one attached hydrogen (secondary N) is 3. The van der Waals surface area contributed by atoms with Crippen LogP contribution in [-0.4, -0.2) is 18.0 Å². The Morgan fingerprint density at radius 1 is 0.969 bits per heavy atom. The zero-order valence-corrected chi connectivity index (χ0v) is 20.0. The smallest absolute Gasteiger partial charge is 0.123 e. The minimum atomic E-state index is -0.268. The minimum Gasteiger partial charge on any atom is -0.355 e. The Labute approximate surface area is 195 Å². The van der Waals surface area contributed by atoms with Gasteiger partial charge in [-0.1, -0.05) is 76.0 Å². The van der Waals surface area contributed by atoms with Crippen LogP contribution in [0.15, 0.2) is 72.8 Å². The van der Waals surface area contributed by atoms with Crippen molar-refractivity contribution >= 4 is 29.5 Å². The fourth-order valence-electron chi connectivity index (χ4n) is 3.92. The molecule has 0 bridgehead atoms. The van der Waals surface area contributed by atoms with E-state index in [1.807, 2.05) is 12.1 Å². The Balaban J connectivity index is 1.95. The fraction of sp³-hybridized carbons (Fsp3) is 0.296. The number of rotatable bonds is 10. The molecule has 3 rings (SSSR count). The van der Waals surface area contributed by atoms with Crippen LogP contribution >= 0.6 is 11.9 Å². The Morgan fingerprint density at radius 2 is 1.66 bits per heavy atom. The average Bonchev–Trinajstić information content (AvgIpc) is 2.76. The Bertz CT molecular complexity index is 1020. The maximum Gasteiger partial charge on any atom is 0.123 e. The Hall–Kier alpha value is -2.63. The summed E-state index contributed by atoms with van der Waals surface area (Å²) in [6.07, 6.45) is 1.37. The van der Waals surface area contributed by atoms with E-state index in [0.29, 0.717) is 5.25 Å². The van der Waals surface area contributed by atoms with Crippen molar-refractivity contribution in [3.05, 3.63) is 95.3 Å². The van der Waals surface area contributed by atoms with Crippen molar-refractivity contribution in [2.75, 3.05) is 11.9 Å². The van der Waals surface area contributed by atoms with E-state index in [2.05, 4.69) is 74.1 Å². The van der Waals surface area contributed by atoms with Gasteiger partial charge in [0.1, 0.15) is 5.82 Å². The summed E-state index contributed by atoms with van der Waals surface area (Å²) in [6.45, 7) is 9.79. The zero-order valence-electron chi connectivity index (χ0n) is 19.2. The lowest BCUT2D eigenvalue weighted by molar-refractivity contribution is 0.321. The predicted molar refractivity (Wildman–Crippen MR) is 137 cm³/mol. The van der Waals surface area contributed by atoms with Gasteiger partial charge in [-0.05, 0) is 52.9 Å². The van der Waals surface area contributed by atoms with Gasteiger partial charge in [0.05, 0.1) is 0 Å². The number of anilines is 2. The summed E-state index contributed by atoms with van der Waals surface area (Å²) in [5.74, 6) is -0.113. The molecule has 0 radical (unpaired) electrons. The summed E-state index contributed by atoms with van der Waals surface area (Å²) in [4.78, 5) is 0. The summed E-state index contributed by atoms with van der Waals surface area (Å²) in [6, 6.07) is 23.0. The molecule has 0 saturated carbocycles. The number of hydrogen-bond acceptors (Lipinski definition) is 4. The molecule has 0 saturated heterocycles. The van der Waals surface area contributed by atoms with Crippen molar-refractivity contribution in [3.8, 4) is 0 Å². The van der Waals surface area contributed by atoms with Gasteiger partial charge in [-0.25, -0.2) is 4.39 Å². The second kappa shape index (κ2) is 10.8. The summed E-state index contributed by atoms with van der Waals surface area (Å²) < 4.78 is 16.8. The zero-order chi connectivity index (χ0) is 23.1. The van der Waals surface area contributed by atoms with E-state index in [-0.39, 0.29) is 17.2 Å². The Kier molecular flexibility index (Phi) is 8.10. The number of halogens is 1. The van der Waals surface area contributed by atoms with E-state index in [4.69, 9.17) is 5.41 Å². The van der Waals surface area contributed by atoms with E-state index in [1.165, 1.54) is 29.5 Å². The van der Waals surface area contributed by atoms with Crippen molar-refractivity contribution < 1.29 is 4.39 Å². The second-order valence-corrected chi connectivity index (χ2v) is 10.4. The van der Waals surface area contributed by atoms with Crippen LogP contribution in [0.4, 0.5) is 15.8 Å². The lowest BCUT2D eigenvalue weighted by Gasteiger charge is -2.36. The average molecular weight is 450 g/mol. The molecule has 5 heteroatoms. The molecular formula is C27H32FN3S. The fourth-order valence-corrected chi connectivity index (χ4v) is 4.71. The summed E-state index contributed by atoms with van der Waals surface area (Å²) in [5, 5.41) is 11.8. The first-order valence-electron chi connectivity index (χ1n) is 10.9. The van der Waals surface area contributed by atoms with Crippen LogP contribution in [-0.2, 0) is 0 Å². The van der Waals surface area contributed by atoms with Gasteiger partial charge in [-0.3, -0.25) is 4.72 Å². The molecule has 0 aliphatic heterocycles. The highest BCUT2D eigenvalue weighted by molar-refractivity contribution is 7.97. The lowest BCUT2D eigenvalue weighted by Crippen LogP contribution is -2.33. The topological polar surface area (TPSA) is 47.9 Å². The molecule has 3 nitrogen and oxygen atoms in total. The normalized spacial score (nSPS) is 12.6. The highest BCUT2D eigenvalue weighted by Crippen LogP contribution is 2.42. The summed E-state index contributed by atoms with van der Waals surface area (Å²) in [5.41, 5.74) is 4.78. The van der Waals surface area contributed by atoms with Crippen LogP contribution in [0.2, 0.25) is 0 Å².